The van der Waals surface area contributed by atoms with Gasteiger partial charge in [-0.3, -0.25) is 0 Å². The number of nitrogens with zero attached hydrogens (tertiary/aromatic N) is 3. The van der Waals surface area contributed by atoms with E-state index in [9.17, 15) is 5.11 Å². The van der Waals surface area contributed by atoms with Crippen LogP contribution in [0.1, 0.15) is 23.2 Å². The van der Waals surface area contributed by atoms with Crippen molar-refractivity contribution in [2.45, 2.75) is 25.4 Å². The largest absolute Gasteiger partial charge is 0.391 e. The van der Waals surface area contributed by atoms with Gasteiger partial charge in [0.25, 0.3) is 0 Å². The number of fused-ring (bicyclic) bond motifs is 3. The molecule has 2 bridgehead atoms. The third-order valence-corrected chi connectivity index (χ3v) is 4.49. The van der Waals surface area contributed by atoms with Crippen LogP contribution in [0, 0.1) is 12.8 Å². The number of hydrogen-bond acceptors (Lipinski definition) is 5. The number of aliphatic hydroxyl groups excluding tert-OH is 1. The minimum absolute atomic E-state index is 0.165. The van der Waals surface area contributed by atoms with E-state index in [4.69, 9.17) is 0 Å². The van der Waals surface area contributed by atoms with Crippen molar-refractivity contribution in [2.75, 3.05) is 19.6 Å². The molecule has 0 aromatic carbocycles. The highest BCUT2D eigenvalue weighted by molar-refractivity contribution is 7.05. The summed E-state index contributed by atoms with van der Waals surface area (Å²) in [6.45, 7) is 4.96. The Morgan fingerprint density at radius 3 is 2.93 bits per heavy atom. The Labute approximate surface area is 93.1 Å². The Morgan fingerprint density at radius 1 is 1.47 bits per heavy atom. The summed E-state index contributed by atoms with van der Waals surface area (Å²) in [7, 11) is 0. The monoisotopic (exact) mass is 225 g/mol. The van der Waals surface area contributed by atoms with Gasteiger partial charge in [0, 0.05) is 19.0 Å². The van der Waals surface area contributed by atoms with Crippen LogP contribution in [0.3, 0.4) is 0 Å². The number of aliphatic hydroxyl groups is 1. The smallest absolute Gasteiger partial charge is 0.139 e. The molecule has 15 heavy (non-hydrogen) atoms. The highest BCUT2D eigenvalue weighted by Crippen LogP contribution is 2.39. The minimum atomic E-state index is -0.165. The standard InChI is InChI=1S/C10H15N3OS/c1-6-11-10(15-12-6)8-4-13-3-2-7(8)9(14)5-13/h7-9,14H,2-5H2,1H3. The van der Waals surface area contributed by atoms with Gasteiger partial charge in [0.1, 0.15) is 10.8 Å². The second-order valence-corrected chi connectivity index (χ2v) is 5.35. The average Bonchev–Trinajstić information content (AvgIpc) is 2.65. The lowest BCUT2D eigenvalue weighted by Crippen LogP contribution is -2.54. The number of hydrogen-bond donors (Lipinski definition) is 1. The normalized spacial score (nSPS) is 39.6. The van der Waals surface area contributed by atoms with E-state index < -0.39 is 0 Å². The molecule has 1 aromatic rings. The molecule has 4 rings (SSSR count). The molecule has 3 aliphatic rings. The SMILES string of the molecule is Cc1nsc(C2CN3CCC2C(O)C3)n1. The molecule has 82 valence electrons. The van der Waals surface area contributed by atoms with E-state index in [1.54, 1.807) is 0 Å². The van der Waals surface area contributed by atoms with Crippen molar-refractivity contribution in [1.82, 2.24) is 14.3 Å². The molecule has 3 fully saturated rings. The van der Waals surface area contributed by atoms with Crippen molar-refractivity contribution in [3.63, 3.8) is 0 Å². The van der Waals surface area contributed by atoms with Crippen LogP contribution in [0.5, 0.6) is 0 Å². The zero-order valence-corrected chi connectivity index (χ0v) is 9.57. The molecule has 4 atom stereocenters. The summed E-state index contributed by atoms with van der Waals surface area (Å²) in [5.41, 5.74) is 0. The molecule has 1 N–H and O–H groups in total. The molecule has 0 saturated carbocycles. The van der Waals surface area contributed by atoms with Gasteiger partial charge < -0.3 is 10.0 Å². The average molecular weight is 225 g/mol. The topological polar surface area (TPSA) is 49.2 Å². The summed E-state index contributed by atoms with van der Waals surface area (Å²) in [5, 5.41) is 11.1. The number of aryl methyl sites for hydroxylation is 1. The Morgan fingerprint density at radius 2 is 2.33 bits per heavy atom. The molecule has 0 spiro atoms. The molecule has 4 heterocycles. The van der Waals surface area contributed by atoms with Gasteiger partial charge in [-0.25, -0.2) is 4.98 Å². The molecular weight excluding hydrogens is 210 g/mol. The van der Waals surface area contributed by atoms with E-state index in [0.29, 0.717) is 11.8 Å². The van der Waals surface area contributed by atoms with Crippen LogP contribution in [0.15, 0.2) is 0 Å². The molecule has 4 nitrogen and oxygen atoms in total. The van der Waals surface area contributed by atoms with Gasteiger partial charge in [-0.15, -0.1) is 0 Å². The van der Waals surface area contributed by atoms with Crippen LogP contribution < -0.4 is 0 Å². The molecule has 4 unspecified atom stereocenters. The van der Waals surface area contributed by atoms with Gasteiger partial charge >= 0.3 is 0 Å². The molecule has 3 saturated heterocycles. The van der Waals surface area contributed by atoms with Crippen LogP contribution in [0.25, 0.3) is 0 Å². The minimum Gasteiger partial charge on any atom is -0.391 e. The van der Waals surface area contributed by atoms with E-state index >= 15 is 0 Å². The van der Waals surface area contributed by atoms with Crippen LogP contribution in [-0.4, -0.2) is 45.1 Å². The fourth-order valence-electron chi connectivity index (χ4n) is 2.79. The highest BCUT2D eigenvalue weighted by Gasteiger charge is 2.42. The Balaban J connectivity index is 1.88. The van der Waals surface area contributed by atoms with E-state index in [-0.39, 0.29) is 6.10 Å². The predicted octanol–water partition coefficient (Wildman–Crippen LogP) is 0.627. The van der Waals surface area contributed by atoms with E-state index in [1.165, 1.54) is 11.5 Å². The first-order chi connectivity index (χ1) is 7.24. The lowest BCUT2D eigenvalue weighted by Gasteiger charge is -2.46. The fraction of sp³-hybridized carbons (Fsp3) is 0.800. The van der Waals surface area contributed by atoms with Gasteiger partial charge in [-0.1, -0.05) is 0 Å². The van der Waals surface area contributed by atoms with Crippen LogP contribution >= 0.6 is 11.5 Å². The lowest BCUT2D eigenvalue weighted by molar-refractivity contribution is -0.0373. The third kappa shape index (κ3) is 1.58. The predicted molar refractivity (Wildman–Crippen MR) is 57.9 cm³/mol. The van der Waals surface area contributed by atoms with Crippen molar-refractivity contribution >= 4 is 11.5 Å². The third-order valence-electron chi connectivity index (χ3n) is 3.55. The van der Waals surface area contributed by atoms with Crippen molar-refractivity contribution in [3.05, 3.63) is 10.8 Å². The Hall–Kier alpha value is -0.520. The summed E-state index contributed by atoms with van der Waals surface area (Å²) in [5.74, 6) is 1.68. The van der Waals surface area contributed by atoms with E-state index in [2.05, 4.69) is 14.3 Å². The van der Waals surface area contributed by atoms with Gasteiger partial charge in [0.05, 0.1) is 6.10 Å². The first-order valence-corrected chi connectivity index (χ1v) is 6.22. The van der Waals surface area contributed by atoms with Crippen LogP contribution in [0.2, 0.25) is 0 Å². The summed E-state index contributed by atoms with van der Waals surface area (Å²) in [4.78, 5) is 6.80. The van der Waals surface area contributed by atoms with E-state index in [1.807, 2.05) is 6.92 Å². The maximum absolute atomic E-state index is 9.95. The highest BCUT2D eigenvalue weighted by atomic mass is 32.1. The molecular formula is C10H15N3OS. The second-order valence-electron chi connectivity index (χ2n) is 4.57. The molecule has 5 heteroatoms. The van der Waals surface area contributed by atoms with Gasteiger partial charge in [0.15, 0.2) is 0 Å². The summed E-state index contributed by atoms with van der Waals surface area (Å²) >= 11 is 1.50. The summed E-state index contributed by atoms with van der Waals surface area (Å²) in [6, 6.07) is 0. The Bertz CT molecular complexity index is 367. The number of piperidine rings is 3. The Kier molecular flexibility index (Phi) is 2.26. The molecule has 3 aliphatic heterocycles. The fourth-order valence-corrected chi connectivity index (χ4v) is 3.61. The van der Waals surface area contributed by atoms with Crippen molar-refractivity contribution in [3.8, 4) is 0 Å². The van der Waals surface area contributed by atoms with Crippen molar-refractivity contribution in [1.29, 1.82) is 0 Å². The summed E-state index contributed by atoms with van der Waals surface area (Å²) in [6.07, 6.45) is 0.937. The van der Waals surface area contributed by atoms with E-state index in [0.717, 1.165) is 36.9 Å². The number of rotatable bonds is 1. The van der Waals surface area contributed by atoms with Crippen LogP contribution in [0.4, 0.5) is 0 Å². The second kappa shape index (κ2) is 3.50. The maximum Gasteiger partial charge on any atom is 0.139 e. The van der Waals surface area contributed by atoms with Gasteiger partial charge in [-0.2, -0.15) is 4.37 Å². The quantitative estimate of drug-likeness (QED) is 0.761. The lowest BCUT2D eigenvalue weighted by atomic mass is 9.77. The zero-order valence-electron chi connectivity index (χ0n) is 8.76. The van der Waals surface area contributed by atoms with Crippen molar-refractivity contribution < 1.29 is 5.11 Å². The summed E-state index contributed by atoms with van der Waals surface area (Å²) < 4.78 is 4.23. The first-order valence-electron chi connectivity index (χ1n) is 5.44. The maximum atomic E-state index is 9.95. The van der Waals surface area contributed by atoms with Gasteiger partial charge in [0.2, 0.25) is 0 Å². The van der Waals surface area contributed by atoms with Crippen LogP contribution in [-0.2, 0) is 0 Å². The molecule has 1 aromatic heterocycles. The molecule has 0 aliphatic carbocycles. The van der Waals surface area contributed by atoms with Gasteiger partial charge in [-0.05, 0) is 37.3 Å². The molecule has 0 amide bonds. The van der Waals surface area contributed by atoms with Crippen molar-refractivity contribution in [2.24, 2.45) is 5.92 Å². The zero-order chi connectivity index (χ0) is 10.4. The molecule has 0 radical (unpaired) electrons. The number of aromatic nitrogens is 2. The first kappa shape index (κ1) is 9.69.